The molecule has 0 aliphatic carbocycles. The molecule has 5 nitrogen and oxygen atoms in total. The van der Waals surface area contributed by atoms with Gasteiger partial charge in [-0.25, -0.2) is 0 Å². The van der Waals surface area contributed by atoms with Crippen molar-refractivity contribution in [2.24, 2.45) is 0 Å². The molecule has 36 heavy (non-hydrogen) atoms. The Kier molecular flexibility index (Phi) is 9.99. The maximum absolute atomic E-state index is 13.2. The van der Waals surface area contributed by atoms with E-state index in [0.29, 0.717) is 32.5 Å². The molecule has 2 aliphatic rings. The smallest absolute Gasteiger partial charge is 0.223 e. The lowest BCUT2D eigenvalue weighted by Gasteiger charge is -2.41. The van der Waals surface area contributed by atoms with Crippen LogP contribution >= 0.6 is 11.3 Å². The van der Waals surface area contributed by atoms with Crippen molar-refractivity contribution >= 4 is 23.2 Å². The van der Waals surface area contributed by atoms with Crippen molar-refractivity contribution in [2.75, 3.05) is 32.7 Å². The Bertz CT molecular complexity index is 976. The third kappa shape index (κ3) is 6.77. The third-order valence-electron chi connectivity index (χ3n) is 7.84. The minimum atomic E-state index is 0.0932. The fourth-order valence-corrected chi connectivity index (χ4v) is 6.69. The molecule has 196 valence electrons. The van der Waals surface area contributed by atoms with Gasteiger partial charge in [-0.15, -0.1) is 11.3 Å². The van der Waals surface area contributed by atoms with Crippen molar-refractivity contribution in [2.45, 2.75) is 83.7 Å². The minimum Gasteiger partial charge on any atom is -0.339 e. The van der Waals surface area contributed by atoms with Crippen molar-refractivity contribution < 1.29 is 9.59 Å². The Balaban J connectivity index is 1.26. The van der Waals surface area contributed by atoms with Crippen LogP contribution in [0.15, 0.2) is 41.8 Å². The first-order valence-electron chi connectivity index (χ1n) is 14.0. The first kappa shape index (κ1) is 26.9. The molecular weight excluding hydrogens is 466 g/mol. The van der Waals surface area contributed by atoms with E-state index < -0.39 is 0 Å². The molecule has 1 fully saturated rings. The van der Waals surface area contributed by atoms with Crippen molar-refractivity contribution in [3.63, 3.8) is 0 Å². The Hall–Kier alpha value is -2.18. The predicted molar refractivity (Wildman–Crippen MR) is 148 cm³/mol. The van der Waals surface area contributed by atoms with Crippen LogP contribution in [0.4, 0.5) is 0 Å². The number of amides is 2. The topological polar surface area (TPSA) is 43.9 Å². The van der Waals surface area contributed by atoms with Gasteiger partial charge in [-0.1, -0.05) is 69.4 Å². The van der Waals surface area contributed by atoms with Crippen LogP contribution in [-0.4, -0.2) is 65.3 Å². The van der Waals surface area contributed by atoms with Crippen LogP contribution in [-0.2, 0) is 16.0 Å². The molecule has 1 saturated heterocycles. The van der Waals surface area contributed by atoms with Crippen LogP contribution in [0.25, 0.3) is 0 Å². The lowest BCUT2D eigenvalue weighted by atomic mass is 9.93. The van der Waals surface area contributed by atoms with Gasteiger partial charge in [0.05, 0.1) is 6.04 Å². The molecule has 0 bridgehead atoms. The summed E-state index contributed by atoms with van der Waals surface area (Å²) in [5.41, 5.74) is 2.70. The third-order valence-corrected chi connectivity index (χ3v) is 8.84. The molecule has 2 aliphatic heterocycles. The fraction of sp³-hybridized carbons (Fsp3) is 0.600. The summed E-state index contributed by atoms with van der Waals surface area (Å²) in [5.74, 6) is 0.475. The quantitative estimate of drug-likeness (QED) is 0.355. The highest BCUT2D eigenvalue weighted by molar-refractivity contribution is 7.10. The van der Waals surface area contributed by atoms with E-state index >= 15 is 0 Å². The second-order valence-electron chi connectivity index (χ2n) is 10.4. The van der Waals surface area contributed by atoms with E-state index in [-0.39, 0.29) is 23.9 Å². The van der Waals surface area contributed by atoms with Crippen molar-refractivity contribution in [3.05, 3.63) is 57.8 Å². The summed E-state index contributed by atoms with van der Waals surface area (Å²) in [6.07, 6.45) is 9.41. The number of carbonyl (C=O) groups excluding carboxylic acids is 2. The molecule has 2 unspecified atom stereocenters. The summed E-state index contributed by atoms with van der Waals surface area (Å²) in [6, 6.07) is 13.3. The molecule has 0 radical (unpaired) electrons. The highest BCUT2D eigenvalue weighted by Crippen LogP contribution is 2.37. The van der Waals surface area contributed by atoms with Crippen LogP contribution in [0.2, 0.25) is 0 Å². The summed E-state index contributed by atoms with van der Waals surface area (Å²) in [4.78, 5) is 33.9. The molecule has 4 rings (SSSR count). The lowest BCUT2D eigenvalue weighted by molar-refractivity contribution is -0.142. The number of benzene rings is 1. The van der Waals surface area contributed by atoms with Gasteiger partial charge in [-0.3, -0.25) is 14.5 Å². The molecule has 3 heterocycles. The molecule has 0 saturated carbocycles. The van der Waals surface area contributed by atoms with Gasteiger partial charge in [0.1, 0.15) is 0 Å². The average molecular weight is 510 g/mol. The molecule has 0 spiro atoms. The molecule has 2 atom stereocenters. The number of carbonyl (C=O) groups is 2. The summed E-state index contributed by atoms with van der Waals surface area (Å²) >= 11 is 1.85. The lowest BCUT2D eigenvalue weighted by Crippen LogP contribution is -2.55. The van der Waals surface area contributed by atoms with E-state index in [4.69, 9.17) is 0 Å². The van der Waals surface area contributed by atoms with Crippen LogP contribution in [0.3, 0.4) is 0 Å². The molecule has 1 aromatic carbocycles. The van der Waals surface area contributed by atoms with Gasteiger partial charge in [-0.05, 0) is 42.3 Å². The van der Waals surface area contributed by atoms with E-state index in [1.807, 2.05) is 21.1 Å². The molecule has 6 heteroatoms. The van der Waals surface area contributed by atoms with Gasteiger partial charge in [-0.2, -0.15) is 0 Å². The van der Waals surface area contributed by atoms with Crippen LogP contribution in [0.1, 0.15) is 87.3 Å². The standard InChI is InChI=1S/C30H43N3O2S/c1-3-4-5-6-7-11-14-29(35)33-21-20-32(23-24(33)2)28(34)16-19-31-18-15-27-26(17-22-36-27)30(31)25-12-9-8-10-13-25/h8-10,12-13,17,22,24,30H,3-7,11,14-16,18-21,23H2,1-2H3. The van der Waals surface area contributed by atoms with Gasteiger partial charge < -0.3 is 9.80 Å². The summed E-state index contributed by atoms with van der Waals surface area (Å²) in [5, 5.41) is 2.20. The van der Waals surface area contributed by atoms with E-state index in [9.17, 15) is 9.59 Å². The zero-order chi connectivity index (χ0) is 25.3. The maximum atomic E-state index is 13.2. The second-order valence-corrected chi connectivity index (χ2v) is 11.4. The van der Waals surface area contributed by atoms with E-state index in [1.54, 1.807) is 0 Å². The number of thiophene rings is 1. The number of hydrogen-bond acceptors (Lipinski definition) is 4. The largest absolute Gasteiger partial charge is 0.339 e. The maximum Gasteiger partial charge on any atom is 0.223 e. The van der Waals surface area contributed by atoms with Gasteiger partial charge in [0.15, 0.2) is 0 Å². The molecule has 2 aromatic rings. The second kappa shape index (κ2) is 13.4. The van der Waals surface area contributed by atoms with Gasteiger partial charge in [0, 0.05) is 56.5 Å². The fourth-order valence-electron chi connectivity index (χ4n) is 5.79. The SMILES string of the molecule is CCCCCCCCC(=O)N1CCN(C(=O)CCN2CCc3sccc3C2c2ccccc2)CC1C. The highest BCUT2D eigenvalue weighted by atomic mass is 32.1. The molecular formula is C30H43N3O2S. The van der Waals surface area contributed by atoms with Gasteiger partial charge in [0.25, 0.3) is 0 Å². The molecule has 1 aromatic heterocycles. The predicted octanol–water partition coefficient (Wildman–Crippen LogP) is 5.90. The zero-order valence-electron chi connectivity index (χ0n) is 22.2. The van der Waals surface area contributed by atoms with Gasteiger partial charge in [0.2, 0.25) is 11.8 Å². The van der Waals surface area contributed by atoms with Gasteiger partial charge >= 0.3 is 0 Å². The van der Waals surface area contributed by atoms with Crippen molar-refractivity contribution in [1.29, 1.82) is 0 Å². The highest BCUT2D eigenvalue weighted by Gasteiger charge is 2.32. The molecule has 2 amide bonds. The van der Waals surface area contributed by atoms with Crippen LogP contribution in [0, 0.1) is 0 Å². The first-order valence-corrected chi connectivity index (χ1v) is 14.9. The van der Waals surface area contributed by atoms with Crippen molar-refractivity contribution in [1.82, 2.24) is 14.7 Å². The number of piperazine rings is 1. The van der Waals surface area contributed by atoms with Crippen LogP contribution < -0.4 is 0 Å². The Morgan fingerprint density at radius 2 is 1.69 bits per heavy atom. The van der Waals surface area contributed by atoms with E-state index in [1.165, 1.54) is 41.7 Å². The Morgan fingerprint density at radius 1 is 0.917 bits per heavy atom. The number of nitrogens with zero attached hydrogens (tertiary/aromatic N) is 3. The number of fused-ring (bicyclic) bond motifs is 1. The van der Waals surface area contributed by atoms with Crippen molar-refractivity contribution in [3.8, 4) is 0 Å². The summed E-state index contributed by atoms with van der Waals surface area (Å²) < 4.78 is 0. The Morgan fingerprint density at radius 3 is 2.47 bits per heavy atom. The van der Waals surface area contributed by atoms with E-state index in [2.05, 4.69) is 60.5 Å². The summed E-state index contributed by atoms with van der Waals surface area (Å²) in [7, 11) is 0. The Labute approximate surface area is 221 Å². The summed E-state index contributed by atoms with van der Waals surface area (Å²) in [6.45, 7) is 8.03. The zero-order valence-corrected chi connectivity index (χ0v) is 23.0. The van der Waals surface area contributed by atoms with Crippen LogP contribution in [0.5, 0.6) is 0 Å². The molecule has 0 N–H and O–H groups in total. The normalized spacial score (nSPS) is 20.4. The van der Waals surface area contributed by atoms with E-state index in [0.717, 1.165) is 32.4 Å². The number of hydrogen-bond donors (Lipinski definition) is 0. The minimum absolute atomic E-state index is 0.0932. The first-order chi connectivity index (χ1) is 17.6. The average Bonchev–Trinajstić information content (AvgIpc) is 3.38. The number of unbranched alkanes of at least 4 members (excludes halogenated alkanes) is 5. The monoisotopic (exact) mass is 509 g/mol. The number of rotatable bonds is 11.